The van der Waals surface area contributed by atoms with Gasteiger partial charge in [0.25, 0.3) is 10.0 Å². The molecular formula is C22H25N3O5S. The van der Waals surface area contributed by atoms with Crippen LogP contribution in [0, 0.1) is 12.8 Å². The Hall–Kier alpha value is -3.07. The average molecular weight is 444 g/mol. The number of sulfonamides is 1. The van der Waals surface area contributed by atoms with Gasteiger partial charge in [-0.3, -0.25) is 4.72 Å². The maximum atomic E-state index is 12.7. The summed E-state index contributed by atoms with van der Waals surface area (Å²) in [5, 5.41) is 10.9. The zero-order valence-electron chi connectivity index (χ0n) is 17.2. The van der Waals surface area contributed by atoms with Gasteiger partial charge in [0.15, 0.2) is 0 Å². The van der Waals surface area contributed by atoms with Gasteiger partial charge in [0.2, 0.25) is 5.90 Å². The van der Waals surface area contributed by atoms with Crippen molar-refractivity contribution in [2.24, 2.45) is 10.9 Å². The molecule has 0 radical (unpaired) electrons. The molecule has 0 atom stereocenters. The van der Waals surface area contributed by atoms with E-state index in [-0.39, 0.29) is 10.5 Å². The molecule has 2 aromatic rings. The van der Waals surface area contributed by atoms with Gasteiger partial charge in [-0.05, 0) is 61.7 Å². The van der Waals surface area contributed by atoms with E-state index in [1.165, 1.54) is 31.4 Å². The van der Waals surface area contributed by atoms with E-state index in [9.17, 15) is 18.3 Å². The third kappa shape index (κ3) is 4.66. The second-order valence-corrected chi connectivity index (χ2v) is 9.56. The fourth-order valence-corrected chi connectivity index (χ4v) is 4.99. The van der Waals surface area contributed by atoms with E-state index in [4.69, 9.17) is 4.84 Å². The summed E-state index contributed by atoms with van der Waals surface area (Å²) in [6.45, 7) is 2.04. The molecule has 0 spiro atoms. The second kappa shape index (κ2) is 8.58. The van der Waals surface area contributed by atoms with E-state index in [2.05, 4.69) is 9.71 Å². The predicted molar refractivity (Wildman–Crippen MR) is 118 cm³/mol. The first kappa shape index (κ1) is 21.2. The molecule has 0 bridgehead atoms. The summed E-state index contributed by atoms with van der Waals surface area (Å²) in [4.78, 5) is 21.7. The van der Waals surface area contributed by atoms with Crippen LogP contribution in [0.5, 0.6) is 0 Å². The van der Waals surface area contributed by atoms with Crippen LogP contribution in [0.15, 0.2) is 52.4 Å². The number of rotatable bonds is 6. The van der Waals surface area contributed by atoms with Gasteiger partial charge in [-0.2, -0.15) is 5.06 Å². The van der Waals surface area contributed by atoms with Crippen molar-refractivity contribution in [3.63, 3.8) is 0 Å². The number of nitrogens with one attached hydrogen (secondary N) is 1. The van der Waals surface area contributed by atoms with Gasteiger partial charge in [-0.15, -0.1) is 0 Å². The van der Waals surface area contributed by atoms with Crippen molar-refractivity contribution in [2.75, 3.05) is 16.5 Å². The predicted octanol–water partition coefficient (Wildman–Crippen LogP) is 4.18. The summed E-state index contributed by atoms with van der Waals surface area (Å²) in [5.74, 6) is 0.00690. The van der Waals surface area contributed by atoms with E-state index in [1.54, 1.807) is 36.3 Å². The van der Waals surface area contributed by atoms with E-state index >= 15 is 0 Å². The number of aryl methyl sites for hydroxylation is 1. The fourth-order valence-electron chi connectivity index (χ4n) is 3.90. The first-order chi connectivity index (χ1) is 14.8. The Bertz CT molecular complexity index is 1110. The Morgan fingerprint density at radius 1 is 1.13 bits per heavy atom. The zero-order valence-corrected chi connectivity index (χ0v) is 18.1. The highest BCUT2D eigenvalue weighted by Gasteiger charge is 2.27. The molecule has 1 heterocycles. The third-order valence-electron chi connectivity index (χ3n) is 5.67. The number of nitrogens with zero attached hydrogens (tertiary/aromatic N) is 2. The number of hydroxylamine groups is 1. The Morgan fingerprint density at radius 2 is 1.84 bits per heavy atom. The van der Waals surface area contributed by atoms with Crippen LogP contribution in [-0.4, -0.2) is 32.1 Å². The monoisotopic (exact) mass is 443 g/mol. The molecule has 31 heavy (non-hydrogen) atoms. The van der Waals surface area contributed by atoms with Gasteiger partial charge in [-0.25, -0.2) is 18.2 Å². The average Bonchev–Trinajstić information content (AvgIpc) is 3.25. The van der Waals surface area contributed by atoms with Gasteiger partial charge in [0.1, 0.15) is 6.67 Å². The van der Waals surface area contributed by atoms with Gasteiger partial charge < -0.3 is 9.94 Å². The normalized spacial score (nSPS) is 17.2. The summed E-state index contributed by atoms with van der Waals surface area (Å²) in [6, 6.07) is 10.8. The first-order valence-corrected chi connectivity index (χ1v) is 11.8. The van der Waals surface area contributed by atoms with Crippen LogP contribution < -0.4 is 9.79 Å². The standard InChI is InChI=1S/C22H25N3O5S/c1-15-7-12-19(13-20(15)22(26)27)31(28,29)24-17-8-10-18(11-9-17)25-14-23-21(30-25)16-5-3-2-4-6-16/h7-13,16,24H,2-6,14H2,1H3,(H,26,27). The van der Waals surface area contributed by atoms with Crippen LogP contribution in [0.4, 0.5) is 11.4 Å². The molecule has 1 aliphatic carbocycles. The van der Waals surface area contributed by atoms with E-state index in [1.807, 2.05) is 0 Å². The summed E-state index contributed by atoms with van der Waals surface area (Å²) in [5.41, 5.74) is 1.60. The molecule has 2 N–H and O–H groups in total. The minimum absolute atomic E-state index is 0.0434. The summed E-state index contributed by atoms with van der Waals surface area (Å²) < 4.78 is 27.9. The van der Waals surface area contributed by atoms with Crippen molar-refractivity contribution in [1.29, 1.82) is 0 Å². The maximum absolute atomic E-state index is 12.7. The number of aliphatic imine (C=N–C) groups is 1. The summed E-state index contributed by atoms with van der Waals surface area (Å²) >= 11 is 0. The van der Waals surface area contributed by atoms with E-state index in [0.29, 0.717) is 23.8 Å². The molecule has 0 unspecified atom stereocenters. The molecule has 1 aliphatic heterocycles. The quantitative estimate of drug-likeness (QED) is 0.693. The van der Waals surface area contributed by atoms with Crippen molar-refractivity contribution in [2.45, 2.75) is 43.9 Å². The molecule has 8 nitrogen and oxygen atoms in total. The highest BCUT2D eigenvalue weighted by Crippen LogP contribution is 2.30. The van der Waals surface area contributed by atoms with Gasteiger partial charge in [0.05, 0.1) is 16.1 Å². The topological polar surface area (TPSA) is 108 Å². The Kier molecular flexibility index (Phi) is 5.86. The lowest BCUT2D eigenvalue weighted by Gasteiger charge is -2.23. The van der Waals surface area contributed by atoms with Crippen LogP contribution >= 0.6 is 0 Å². The molecule has 2 aliphatic rings. The molecule has 0 aromatic heterocycles. The first-order valence-electron chi connectivity index (χ1n) is 10.3. The molecule has 1 saturated carbocycles. The van der Waals surface area contributed by atoms with Crippen molar-refractivity contribution in [3.05, 3.63) is 53.6 Å². The molecule has 2 aromatic carbocycles. The van der Waals surface area contributed by atoms with Crippen LogP contribution in [0.3, 0.4) is 0 Å². The zero-order chi connectivity index (χ0) is 22.0. The number of carboxylic acid groups (broad SMARTS) is 1. The Balaban J connectivity index is 1.43. The van der Waals surface area contributed by atoms with E-state index in [0.717, 1.165) is 30.5 Å². The lowest BCUT2D eigenvalue weighted by atomic mass is 9.89. The minimum Gasteiger partial charge on any atom is -0.478 e. The minimum atomic E-state index is -3.92. The highest BCUT2D eigenvalue weighted by atomic mass is 32.2. The highest BCUT2D eigenvalue weighted by molar-refractivity contribution is 7.92. The lowest BCUT2D eigenvalue weighted by molar-refractivity contribution is 0.0696. The number of hydrogen-bond acceptors (Lipinski definition) is 6. The third-order valence-corrected chi connectivity index (χ3v) is 7.05. The van der Waals surface area contributed by atoms with Crippen LogP contribution in [0.25, 0.3) is 0 Å². The molecule has 9 heteroatoms. The number of aromatic carboxylic acids is 1. The fraction of sp³-hybridized carbons (Fsp3) is 0.364. The molecular weight excluding hydrogens is 418 g/mol. The lowest BCUT2D eigenvalue weighted by Crippen LogP contribution is -2.24. The van der Waals surface area contributed by atoms with Crippen molar-refractivity contribution in [3.8, 4) is 0 Å². The molecule has 0 amide bonds. The molecule has 4 rings (SSSR count). The van der Waals surface area contributed by atoms with Crippen LogP contribution in [0.2, 0.25) is 0 Å². The van der Waals surface area contributed by atoms with E-state index < -0.39 is 16.0 Å². The van der Waals surface area contributed by atoms with Gasteiger partial charge in [-0.1, -0.05) is 25.3 Å². The van der Waals surface area contributed by atoms with Crippen LogP contribution in [0.1, 0.15) is 48.0 Å². The smallest absolute Gasteiger partial charge is 0.335 e. The largest absolute Gasteiger partial charge is 0.478 e. The molecule has 1 fully saturated rings. The molecule has 0 saturated heterocycles. The van der Waals surface area contributed by atoms with Crippen molar-refractivity contribution >= 4 is 33.3 Å². The number of carbonyl (C=O) groups is 1. The SMILES string of the molecule is Cc1ccc(S(=O)(=O)Nc2ccc(N3CN=C(C4CCCCC4)O3)cc2)cc1C(=O)O. The number of carboxylic acids is 1. The van der Waals surface area contributed by atoms with Gasteiger partial charge >= 0.3 is 5.97 Å². The van der Waals surface area contributed by atoms with Crippen molar-refractivity contribution < 1.29 is 23.2 Å². The number of anilines is 2. The Morgan fingerprint density at radius 3 is 2.52 bits per heavy atom. The maximum Gasteiger partial charge on any atom is 0.335 e. The number of hydrogen-bond donors (Lipinski definition) is 2. The second-order valence-electron chi connectivity index (χ2n) is 7.88. The molecule has 164 valence electrons. The van der Waals surface area contributed by atoms with Crippen molar-refractivity contribution in [1.82, 2.24) is 0 Å². The number of benzene rings is 2. The summed E-state index contributed by atoms with van der Waals surface area (Å²) in [6.07, 6.45) is 5.89. The van der Waals surface area contributed by atoms with Gasteiger partial charge in [0, 0.05) is 11.6 Å². The summed E-state index contributed by atoms with van der Waals surface area (Å²) in [7, 11) is -3.92. The van der Waals surface area contributed by atoms with Crippen LogP contribution in [-0.2, 0) is 14.9 Å². The Labute approximate surface area is 181 Å².